The van der Waals surface area contributed by atoms with E-state index in [1.54, 1.807) is 30.6 Å². The summed E-state index contributed by atoms with van der Waals surface area (Å²) < 4.78 is 24.5. The van der Waals surface area contributed by atoms with E-state index in [2.05, 4.69) is 10.3 Å². The van der Waals surface area contributed by atoms with Crippen molar-refractivity contribution in [3.05, 3.63) is 53.6 Å². The Hall–Kier alpha value is -2.34. The zero-order chi connectivity index (χ0) is 22.3. The third kappa shape index (κ3) is 7.39. The van der Waals surface area contributed by atoms with Crippen LogP contribution in [0.25, 0.3) is 0 Å². The van der Waals surface area contributed by atoms with Crippen LogP contribution in [0.4, 0.5) is 4.39 Å². The number of nitrogens with zero attached hydrogens (tertiary/aromatic N) is 1. The molecule has 1 heterocycles. The highest BCUT2D eigenvalue weighted by Gasteiger charge is 2.31. The number of carbonyl (C=O) groups excluding carboxylic acids is 1. The minimum absolute atomic E-state index is 0.0673. The van der Waals surface area contributed by atoms with Gasteiger partial charge in [0.1, 0.15) is 17.3 Å². The number of pyridine rings is 1. The monoisotopic (exact) mass is 448 g/mol. The van der Waals surface area contributed by atoms with E-state index in [1.165, 1.54) is 12.1 Å². The van der Waals surface area contributed by atoms with E-state index >= 15 is 0 Å². The minimum atomic E-state index is -0.480. The molecule has 0 spiro atoms. The quantitative estimate of drug-likeness (QED) is 0.510. The Labute approximate surface area is 188 Å². The Balaban J connectivity index is 1.36. The zero-order valence-electron chi connectivity index (χ0n) is 18.1. The van der Waals surface area contributed by atoms with Crippen molar-refractivity contribution in [1.82, 2.24) is 10.3 Å². The van der Waals surface area contributed by atoms with Gasteiger partial charge in [0, 0.05) is 23.7 Å². The van der Waals surface area contributed by atoms with Crippen LogP contribution in [0.15, 0.2) is 42.7 Å². The smallest absolute Gasteiger partial charge is 0.225 e. The van der Waals surface area contributed by atoms with Crippen molar-refractivity contribution in [1.29, 1.82) is 0 Å². The number of carbonyl (C=O) groups is 1. The number of nitrogens with one attached hydrogen (secondary N) is 1. The molecule has 0 saturated heterocycles. The summed E-state index contributed by atoms with van der Waals surface area (Å²) >= 11 is 5.96. The lowest BCUT2D eigenvalue weighted by Crippen LogP contribution is -2.45. The fourth-order valence-corrected chi connectivity index (χ4v) is 3.87. The number of hydrogen-bond donors (Lipinski definition) is 1. The van der Waals surface area contributed by atoms with Crippen LogP contribution in [-0.4, -0.2) is 29.6 Å². The van der Waals surface area contributed by atoms with Gasteiger partial charge in [-0.05, 0) is 62.8 Å². The average Bonchev–Trinajstić information content (AvgIpc) is 2.74. The standard InChI is InChI=1S/C24H30ClFN2O3/c1-24(2,12-3-13-30-20-8-4-18(26)5-9-20)23(29)28-19-6-10-21(11-7-19)31-22-14-17(25)15-27-16-22/h4-5,8-9,14-16,19,21H,3,6-7,10-13H2,1-2H3,(H,28,29)/t19-,21-. The van der Waals surface area contributed by atoms with Crippen molar-refractivity contribution < 1.29 is 18.7 Å². The Kier molecular flexibility index (Phi) is 8.13. The predicted octanol–water partition coefficient (Wildman–Crippen LogP) is 5.57. The number of halogens is 2. The largest absolute Gasteiger partial charge is 0.494 e. The molecule has 0 unspecified atom stereocenters. The molecule has 2 aromatic rings. The number of ether oxygens (including phenoxy) is 2. The molecule has 1 aliphatic carbocycles. The van der Waals surface area contributed by atoms with Gasteiger partial charge in [0.15, 0.2) is 0 Å². The lowest BCUT2D eigenvalue weighted by atomic mass is 9.85. The van der Waals surface area contributed by atoms with Crippen LogP contribution in [0.1, 0.15) is 52.4 Å². The molecule has 1 fully saturated rings. The highest BCUT2D eigenvalue weighted by atomic mass is 35.5. The van der Waals surface area contributed by atoms with Crippen molar-refractivity contribution >= 4 is 17.5 Å². The molecular weight excluding hydrogens is 419 g/mol. The summed E-state index contributed by atoms with van der Waals surface area (Å²) in [6.07, 6.45) is 8.34. The average molecular weight is 449 g/mol. The van der Waals surface area contributed by atoms with Crippen molar-refractivity contribution in [2.75, 3.05) is 6.61 Å². The first-order valence-electron chi connectivity index (χ1n) is 10.8. The Morgan fingerprint density at radius 1 is 1.16 bits per heavy atom. The highest BCUT2D eigenvalue weighted by Crippen LogP contribution is 2.27. The molecule has 3 rings (SSSR count). The van der Waals surface area contributed by atoms with Crippen molar-refractivity contribution in [2.45, 2.75) is 64.5 Å². The lowest BCUT2D eigenvalue weighted by molar-refractivity contribution is -0.130. The summed E-state index contributed by atoms with van der Waals surface area (Å²) in [4.78, 5) is 16.8. The molecule has 1 amide bonds. The maximum absolute atomic E-state index is 12.9. The first kappa shape index (κ1) is 23.3. The minimum Gasteiger partial charge on any atom is -0.494 e. The van der Waals surface area contributed by atoms with Crippen LogP contribution >= 0.6 is 11.6 Å². The van der Waals surface area contributed by atoms with Gasteiger partial charge in [-0.1, -0.05) is 25.4 Å². The van der Waals surface area contributed by atoms with Crippen LogP contribution in [0.2, 0.25) is 5.02 Å². The summed E-state index contributed by atoms with van der Waals surface area (Å²) in [6.45, 7) is 4.41. The normalized spacial score (nSPS) is 19.0. The number of hydrogen-bond acceptors (Lipinski definition) is 4. The molecule has 0 atom stereocenters. The second kappa shape index (κ2) is 10.8. The van der Waals surface area contributed by atoms with Crippen LogP contribution in [0.5, 0.6) is 11.5 Å². The molecule has 0 bridgehead atoms. The number of rotatable bonds is 9. The molecule has 1 aromatic carbocycles. The summed E-state index contributed by atoms with van der Waals surface area (Å²) in [6, 6.07) is 7.90. The molecule has 7 heteroatoms. The van der Waals surface area contributed by atoms with Crippen molar-refractivity contribution in [3.8, 4) is 11.5 Å². The molecule has 1 aliphatic rings. The van der Waals surface area contributed by atoms with Gasteiger partial charge in [-0.25, -0.2) is 4.39 Å². The van der Waals surface area contributed by atoms with Gasteiger partial charge in [0.25, 0.3) is 0 Å². The first-order valence-corrected chi connectivity index (χ1v) is 11.2. The van der Waals surface area contributed by atoms with Gasteiger partial charge in [-0.3, -0.25) is 9.78 Å². The highest BCUT2D eigenvalue weighted by molar-refractivity contribution is 6.30. The van der Waals surface area contributed by atoms with E-state index in [1.807, 2.05) is 13.8 Å². The molecule has 1 N–H and O–H groups in total. The van der Waals surface area contributed by atoms with Gasteiger partial charge in [-0.15, -0.1) is 0 Å². The molecule has 168 valence electrons. The lowest BCUT2D eigenvalue weighted by Gasteiger charge is -2.32. The Bertz CT molecular complexity index is 852. The van der Waals surface area contributed by atoms with E-state index in [0.29, 0.717) is 29.5 Å². The van der Waals surface area contributed by atoms with E-state index in [9.17, 15) is 9.18 Å². The van der Waals surface area contributed by atoms with Crippen molar-refractivity contribution in [2.24, 2.45) is 5.41 Å². The topological polar surface area (TPSA) is 60.5 Å². The van der Waals surface area contributed by atoms with Crippen LogP contribution in [0, 0.1) is 11.2 Å². The number of aromatic nitrogens is 1. The van der Waals surface area contributed by atoms with Gasteiger partial charge < -0.3 is 14.8 Å². The van der Waals surface area contributed by atoms with Gasteiger partial charge in [0.2, 0.25) is 5.91 Å². The predicted molar refractivity (Wildman–Crippen MR) is 119 cm³/mol. The van der Waals surface area contributed by atoms with Gasteiger partial charge >= 0.3 is 0 Å². The maximum Gasteiger partial charge on any atom is 0.225 e. The molecule has 0 aliphatic heterocycles. The van der Waals surface area contributed by atoms with Crippen LogP contribution in [-0.2, 0) is 4.79 Å². The summed E-state index contributed by atoms with van der Waals surface area (Å²) in [5, 5.41) is 3.77. The Morgan fingerprint density at radius 2 is 1.87 bits per heavy atom. The second-order valence-electron chi connectivity index (χ2n) is 8.69. The molecule has 1 saturated carbocycles. The third-order valence-electron chi connectivity index (χ3n) is 5.64. The zero-order valence-corrected chi connectivity index (χ0v) is 18.8. The van der Waals surface area contributed by atoms with E-state index in [0.717, 1.165) is 32.1 Å². The van der Waals surface area contributed by atoms with E-state index in [4.69, 9.17) is 21.1 Å². The van der Waals surface area contributed by atoms with E-state index in [-0.39, 0.29) is 23.9 Å². The fraction of sp³-hybridized carbons (Fsp3) is 0.500. The van der Waals surface area contributed by atoms with E-state index < -0.39 is 5.41 Å². The molecule has 0 radical (unpaired) electrons. The van der Waals surface area contributed by atoms with Gasteiger partial charge in [-0.2, -0.15) is 0 Å². The number of benzene rings is 1. The third-order valence-corrected chi connectivity index (χ3v) is 5.84. The molecule has 31 heavy (non-hydrogen) atoms. The molecule has 5 nitrogen and oxygen atoms in total. The van der Waals surface area contributed by atoms with Crippen molar-refractivity contribution in [3.63, 3.8) is 0 Å². The second-order valence-corrected chi connectivity index (χ2v) is 9.13. The van der Waals surface area contributed by atoms with Gasteiger partial charge in [0.05, 0.1) is 23.9 Å². The summed E-state index contributed by atoms with van der Waals surface area (Å²) in [5.41, 5.74) is -0.480. The summed E-state index contributed by atoms with van der Waals surface area (Å²) in [7, 11) is 0. The molecule has 1 aromatic heterocycles. The fourth-order valence-electron chi connectivity index (χ4n) is 3.70. The molecular formula is C24H30ClFN2O3. The summed E-state index contributed by atoms with van der Waals surface area (Å²) in [5.74, 6) is 1.10. The first-order chi connectivity index (χ1) is 14.8. The number of amides is 1. The van der Waals surface area contributed by atoms with Crippen LogP contribution < -0.4 is 14.8 Å². The SMILES string of the molecule is CC(C)(CCCOc1ccc(F)cc1)C(=O)N[C@H]1CC[C@H](Oc2cncc(Cl)c2)CC1. The van der Waals surface area contributed by atoms with Crippen LogP contribution in [0.3, 0.4) is 0 Å². The maximum atomic E-state index is 12.9. The Morgan fingerprint density at radius 3 is 2.55 bits per heavy atom.